The summed E-state index contributed by atoms with van der Waals surface area (Å²) in [5.74, 6) is 1.34. The fourth-order valence-electron chi connectivity index (χ4n) is 2.44. The second-order valence-electron chi connectivity index (χ2n) is 5.42. The van der Waals surface area contributed by atoms with E-state index >= 15 is 0 Å². The molecule has 0 amide bonds. The van der Waals surface area contributed by atoms with Crippen LogP contribution < -0.4 is 10.2 Å². The van der Waals surface area contributed by atoms with Crippen molar-refractivity contribution in [2.24, 2.45) is 0 Å². The van der Waals surface area contributed by atoms with Gasteiger partial charge in [0, 0.05) is 25.3 Å². The summed E-state index contributed by atoms with van der Waals surface area (Å²) in [6, 6.07) is 18.7. The Morgan fingerprint density at radius 2 is 1.75 bits per heavy atom. The molecule has 0 aliphatic carbocycles. The summed E-state index contributed by atoms with van der Waals surface area (Å²) in [6.07, 6.45) is 2.13. The van der Waals surface area contributed by atoms with Gasteiger partial charge in [-0.1, -0.05) is 36.4 Å². The highest BCUT2D eigenvalue weighted by Gasteiger charge is 2.06. The van der Waals surface area contributed by atoms with E-state index in [1.54, 1.807) is 12.1 Å². The van der Waals surface area contributed by atoms with Crippen molar-refractivity contribution in [1.82, 2.24) is 9.97 Å². The molecule has 0 aliphatic rings. The van der Waals surface area contributed by atoms with Crippen LogP contribution in [0.3, 0.4) is 0 Å². The maximum atomic E-state index is 13.6. The van der Waals surface area contributed by atoms with Crippen molar-refractivity contribution >= 4 is 17.3 Å². The van der Waals surface area contributed by atoms with Crippen molar-refractivity contribution in [1.29, 1.82) is 0 Å². The first-order valence-corrected chi connectivity index (χ1v) is 7.82. The average molecular weight is 322 g/mol. The van der Waals surface area contributed by atoms with Crippen molar-refractivity contribution in [3.63, 3.8) is 0 Å². The normalized spacial score (nSPS) is 10.4. The lowest BCUT2D eigenvalue weighted by Gasteiger charge is -2.18. The van der Waals surface area contributed by atoms with Gasteiger partial charge >= 0.3 is 0 Å². The Bertz CT molecular complexity index is 792. The number of benzene rings is 2. The molecule has 0 fully saturated rings. The zero-order valence-corrected chi connectivity index (χ0v) is 13.5. The molecular weight excluding hydrogens is 303 g/mol. The highest BCUT2D eigenvalue weighted by Crippen LogP contribution is 2.22. The van der Waals surface area contributed by atoms with Crippen molar-refractivity contribution < 1.29 is 4.39 Å². The standard InChI is InChI=1S/C19H19FN4/c1-24(16-8-3-2-4-9-16)19-13-18(22-14-23-19)21-12-11-15-7-5-6-10-17(15)20/h2-10,13-14H,11-12H2,1H3,(H,21,22,23). The maximum Gasteiger partial charge on any atom is 0.138 e. The molecule has 0 saturated carbocycles. The molecule has 1 N–H and O–H groups in total. The molecule has 0 bridgehead atoms. The van der Waals surface area contributed by atoms with Gasteiger partial charge in [0.25, 0.3) is 0 Å². The third-order valence-electron chi connectivity index (χ3n) is 3.80. The van der Waals surface area contributed by atoms with Crippen LogP contribution in [0.5, 0.6) is 0 Å². The molecule has 0 spiro atoms. The number of nitrogens with one attached hydrogen (secondary N) is 1. The van der Waals surface area contributed by atoms with Gasteiger partial charge in [-0.05, 0) is 30.2 Å². The summed E-state index contributed by atoms with van der Waals surface area (Å²) >= 11 is 0. The predicted octanol–water partition coefficient (Wildman–Crippen LogP) is 4.04. The summed E-state index contributed by atoms with van der Waals surface area (Å²) < 4.78 is 13.6. The quantitative estimate of drug-likeness (QED) is 0.744. The van der Waals surface area contributed by atoms with E-state index in [4.69, 9.17) is 0 Å². The summed E-state index contributed by atoms with van der Waals surface area (Å²) in [6.45, 7) is 0.604. The second-order valence-corrected chi connectivity index (χ2v) is 5.42. The number of anilines is 3. The molecule has 2 aromatic carbocycles. The minimum atomic E-state index is -0.175. The average Bonchev–Trinajstić information content (AvgIpc) is 2.64. The van der Waals surface area contributed by atoms with Crippen LogP contribution in [0.4, 0.5) is 21.7 Å². The van der Waals surface area contributed by atoms with Crippen LogP contribution in [-0.4, -0.2) is 23.6 Å². The molecular formula is C19H19FN4. The number of hydrogen-bond donors (Lipinski definition) is 1. The number of aromatic nitrogens is 2. The van der Waals surface area contributed by atoms with Gasteiger partial charge in [-0.3, -0.25) is 0 Å². The van der Waals surface area contributed by atoms with Gasteiger partial charge in [0.15, 0.2) is 0 Å². The first-order valence-electron chi connectivity index (χ1n) is 7.82. The second kappa shape index (κ2) is 7.55. The lowest BCUT2D eigenvalue weighted by atomic mass is 10.1. The van der Waals surface area contributed by atoms with E-state index in [-0.39, 0.29) is 5.82 Å². The largest absolute Gasteiger partial charge is 0.370 e. The number of rotatable bonds is 6. The fraction of sp³-hybridized carbons (Fsp3) is 0.158. The molecule has 122 valence electrons. The minimum Gasteiger partial charge on any atom is -0.370 e. The molecule has 0 atom stereocenters. The first kappa shape index (κ1) is 15.9. The molecule has 0 saturated heterocycles. The zero-order chi connectivity index (χ0) is 16.8. The first-order chi connectivity index (χ1) is 11.7. The van der Waals surface area contributed by atoms with E-state index < -0.39 is 0 Å². The minimum absolute atomic E-state index is 0.175. The highest BCUT2D eigenvalue weighted by atomic mass is 19.1. The molecule has 0 unspecified atom stereocenters. The Balaban J connectivity index is 1.64. The molecule has 4 nitrogen and oxygen atoms in total. The summed E-state index contributed by atoms with van der Waals surface area (Å²) in [5, 5.41) is 3.22. The van der Waals surface area contributed by atoms with Crippen molar-refractivity contribution in [2.75, 3.05) is 23.8 Å². The SMILES string of the molecule is CN(c1ccccc1)c1cc(NCCc2ccccc2F)ncn1. The van der Waals surface area contributed by atoms with Crippen LogP contribution in [0.1, 0.15) is 5.56 Å². The van der Waals surface area contributed by atoms with E-state index in [0.717, 1.165) is 17.3 Å². The lowest BCUT2D eigenvalue weighted by Crippen LogP contribution is -2.13. The molecule has 24 heavy (non-hydrogen) atoms. The van der Waals surface area contributed by atoms with Gasteiger partial charge in [0.1, 0.15) is 23.8 Å². The van der Waals surface area contributed by atoms with E-state index in [0.29, 0.717) is 18.5 Å². The third-order valence-corrected chi connectivity index (χ3v) is 3.80. The smallest absolute Gasteiger partial charge is 0.138 e. The maximum absolute atomic E-state index is 13.6. The van der Waals surface area contributed by atoms with Gasteiger partial charge in [0.2, 0.25) is 0 Å². The van der Waals surface area contributed by atoms with Gasteiger partial charge in [-0.2, -0.15) is 0 Å². The van der Waals surface area contributed by atoms with E-state index in [1.165, 1.54) is 12.4 Å². The third kappa shape index (κ3) is 3.87. The Labute approximate surface area is 141 Å². The van der Waals surface area contributed by atoms with Gasteiger partial charge < -0.3 is 10.2 Å². The van der Waals surface area contributed by atoms with Crippen molar-refractivity contribution in [3.8, 4) is 0 Å². The molecule has 3 rings (SSSR count). The predicted molar refractivity (Wildman–Crippen MR) is 95.1 cm³/mol. The molecule has 3 aromatic rings. The Morgan fingerprint density at radius 3 is 2.54 bits per heavy atom. The van der Waals surface area contributed by atoms with Crippen LogP contribution in [-0.2, 0) is 6.42 Å². The van der Waals surface area contributed by atoms with Crippen LogP contribution in [0.25, 0.3) is 0 Å². The summed E-state index contributed by atoms with van der Waals surface area (Å²) in [7, 11) is 1.96. The van der Waals surface area contributed by atoms with Crippen LogP contribution in [0, 0.1) is 5.82 Å². The van der Waals surface area contributed by atoms with E-state index in [2.05, 4.69) is 15.3 Å². The zero-order valence-electron chi connectivity index (χ0n) is 13.5. The molecule has 0 radical (unpaired) electrons. The Morgan fingerprint density at radius 1 is 1.00 bits per heavy atom. The topological polar surface area (TPSA) is 41.0 Å². The van der Waals surface area contributed by atoms with Crippen molar-refractivity contribution in [2.45, 2.75) is 6.42 Å². The Hall–Kier alpha value is -2.95. The molecule has 1 heterocycles. The lowest BCUT2D eigenvalue weighted by molar-refractivity contribution is 0.610. The monoisotopic (exact) mass is 322 g/mol. The van der Waals surface area contributed by atoms with Gasteiger partial charge in [-0.15, -0.1) is 0 Å². The summed E-state index contributed by atoms with van der Waals surface area (Å²) in [4.78, 5) is 10.5. The number of nitrogens with zero attached hydrogens (tertiary/aromatic N) is 3. The molecule has 1 aromatic heterocycles. The van der Waals surface area contributed by atoms with E-state index in [1.807, 2.05) is 54.4 Å². The molecule has 0 aliphatic heterocycles. The van der Waals surface area contributed by atoms with Crippen LogP contribution in [0.15, 0.2) is 67.0 Å². The number of hydrogen-bond acceptors (Lipinski definition) is 4. The van der Waals surface area contributed by atoms with Gasteiger partial charge in [-0.25, -0.2) is 14.4 Å². The Kier molecular flexibility index (Phi) is 5.01. The van der Waals surface area contributed by atoms with Crippen LogP contribution in [0.2, 0.25) is 0 Å². The molecule has 5 heteroatoms. The van der Waals surface area contributed by atoms with Crippen LogP contribution >= 0.6 is 0 Å². The van der Waals surface area contributed by atoms with Gasteiger partial charge in [0.05, 0.1) is 0 Å². The summed E-state index contributed by atoms with van der Waals surface area (Å²) in [5.41, 5.74) is 1.74. The number of halogens is 1. The highest BCUT2D eigenvalue weighted by molar-refractivity contribution is 5.61. The van der Waals surface area contributed by atoms with E-state index in [9.17, 15) is 4.39 Å². The van der Waals surface area contributed by atoms with Crippen molar-refractivity contribution in [3.05, 3.63) is 78.4 Å². The fourth-order valence-corrected chi connectivity index (χ4v) is 2.44. The number of para-hydroxylation sites is 1.